The molecular formula is C11H14N2O4. The first-order valence-electron chi connectivity index (χ1n) is 5.80. The number of carbonyl (C=O) groups is 1. The van der Waals surface area contributed by atoms with Crippen LogP contribution >= 0.6 is 0 Å². The Labute approximate surface area is 97.9 Å². The van der Waals surface area contributed by atoms with E-state index in [1.807, 2.05) is 0 Å². The van der Waals surface area contributed by atoms with Crippen LogP contribution in [0.5, 0.6) is 0 Å². The van der Waals surface area contributed by atoms with Gasteiger partial charge in [0.25, 0.3) is 0 Å². The highest BCUT2D eigenvalue weighted by atomic mass is 16.5. The Balaban J connectivity index is 1.55. The van der Waals surface area contributed by atoms with E-state index >= 15 is 0 Å². The molecule has 3 rings (SSSR count). The summed E-state index contributed by atoms with van der Waals surface area (Å²) in [5, 5.41) is 15.5. The number of hydrogen-bond donors (Lipinski definition) is 2. The van der Waals surface area contributed by atoms with Gasteiger partial charge in [0, 0.05) is 12.1 Å². The standard InChI is InChI=1S/C11H14N2O4/c14-11(15)9-4-7(17-13-9)5-12-8-3-6-1-2-10(8)16-6/h4,6,8,10,12H,1-3,5H2,(H,14,15). The lowest BCUT2D eigenvalue weighted by Crippen LogP contribution is -2.36. The van der Waals surface area contributed by atoms with Crippen molar-refractivity contribution in [1.29, 1.82) is 0 Å². The van der Waals surface area contributed by atoms with Crippen molar-refractivity contribution in [1.82, 2.24) is 10.5 Å². The average molecular weight is 238 g/mol. The topological polar surface area (TPSA) is 84.6 Å². The van der Waals surface area contributed by atoms with Crippen molar-refractivity contribution >= 4 is 5.97 Å². The van der Waals surface area contributed by atoms with Gasteiger partial charge in [-0.25, -0.2) is 4.79 Å². The van der Waals surface area contributed by atoms with Gasteiger partial charge in [0.1, 0.15) is 0 Å². The van der Waals surface area contributed by atoms with Gasteiger partial charge >= 0.3 is 5.97 Å². The van der Waals surface area contributed by atoms with Gasteiger partial charge in [-0.05, 0) is 19.3 Å². The monoisotopic (exact) mass is 238 g/mol. The third-order valence-corrected chi connectivity index (χ3v) is 3.42. The first-order valence-corrected chi connectivity index (χ1v) is 5.80. The van der Waals surface area contributed by atoms with Crippen LogP contribution in [0.3, 0.4) is 0 Å². The van der Waals surface area contributed by atoms with Crippen molar-refractivity contribution in [3.05, 3.63) is 17.5 Å². The van der Waals surface area contributed by atoms with Crippen LogP contribution in [-0.2, 0) is 11.3 Å². The van der Waals surface area contributed by atoms with Crippen molar-refractivity contribution in [2.45, 2.75) is 44.1 Å². The molecule has 0 aromatic carbocycles. The molecule has 17 heavy (non-hydrogen) atoms. The summed E-state index contributed by atoms with van der Waals surface area (Å²) in [4.78, 5) is 10.6. The molecule has 1 aromatic rings. The molecule has 0 saturated carbocycles. The fourth-order valence-electron chi connectivity index (χ4n) is 2.58. The zero-order chi connectivity index (χ0) is 11.8. The first-order chi connectivity index (χ1) is 8.22. The second-order valence-corrected chi connectivity index (χ2v) is 4.58. The average Bonchev–Trinajstić information content (AvgIpc) is 3.02. The summed E-state index contributed by atoms with van der Waals surface area (Å²) >= 11 is 0. The van der Waals surface area contributed by atoms with Crippen LogP contribution in [0, 0.1) is 0 Å². The molecule has 2 saturated heterocycles. The van der Waals surface area contributed by atoms with Crippen LogP contribution in [0.15, 0.2) is 10.6 Å². The molecule has 2 aliphatic rings. The molecule has 92 valence electrons. The van der Waals surface area contributed by atoms with Crippen LogP contribution < -0.4 is 5.32 Å². The third kappa shape index (κ3) is 2.05. The van der Waals surface area contributed by atoms with E-state index < -0.39 is 5.97 Å². The largest absolute Gasteiger partial charge is 0.476 e. The first kappa shape index (κ1) is 10.7. The molecule has 2 aliphatic heterocycles. The highest BCUT2D eigenvalue weighted by molar-refractivity contribution is 5.85. The maximum absolute atomic E-state index is 10.6. The summed E-state index contributed by atoms with van der Waals surface area (Å²) in [6.07, 6.45) is 4.02. The number of aromatic carboxylic acids is 1. The molecule has 0 amide bonds. The second kappa shape index (κ2) is 4.12. The lowest BCUT2D eigenvalue weighted by molar-refractivity contribution is 0.0685. The minimum Gasteiger partial charge on any atom is -0.476 e. The molecule has 1 aromatic heterocycles. The number of carboxylic acid groups (broad SMARTS) is 1. The van der Waals surface area contributed by atoms with Gasteiger partial charge in [0.05, 0.1) is 18.8 Å². The van der Waals surface area contributed by atoms with E-state index in [0.717, 1.165) is 19.3 Å². The Morgan fingerprint density at radius 1 is 1.59 bits per heavy atom. The Morgan fingerprint density at radius 3 is 3.06 bits per heavy atom. The molecular weight excluding hydrogens is 224 g/mol. The Bertz CT molecular complexity index is 431. The highest BCUT2D eigenvalue weighted by Gasteiger charge is 2.40. The number of aromatic nitrogens is 1. The summed E-state index contributed by atoms with van der Waals surface area (Å²) < 4.78 is 10.6. The molecule has 0 aliphatic carbocycles. The molecule has 3 heterocycles. The zero-order valence-corrected chi connectivity index (χ0v) is 9.26. The van der Waals surface area contributed by atoms with Gasteiger partial charge in [-0.15, -0.1) is 0 Å². The summed E-state index contributed by atoms with van der Waals surface area (Å²) in [7, 11) is 0. The van der Waals surface area contributed by atoms with Crippen LogP contribution in [0.2, 0.25) is 0 Å². The lowest BCUT2D eigenvalue weighted by Gasteiger charge is -2.18. The highest BCUT2D eigenvalue weighted by Crippen LogP contribution is 2.34. The number of nitrogens with one attached hydrogen (secondary N) is 1. The lowest BCUT2D eigenvalue weighted by atomic mass is 9.95. The molecule has 0 spiro atoms. The Morgan fingerprint density at radius 2 is 2.47 bits per heavy atom. The van der Waals surface area contributed by atoms with Crippen molar-refractivity contribution in [2.75, 3.05) is 0 Å². The van der Waals surface area contributed by atoms with Gasteiger partial charge in [-0.1, -0.05) is 5.16 Å². The molecule has 3 unspecified atom stereocenters. The Hall–Kier alpha value is -1.40. The predicted octanol–water partition coefficient (Wildman–Crippen LogP) is 0.782. The maximum atomic E-state index is 10.6. The van der Waals surface area contributed by atoms with Gasteiger partial charge < -0.3 is 19.7 Å². The van der Waals surface area contributed by atoms with Crippen molar-refractivity contribution < 1.29 is 19.2 Å². The van der Waals surface area contributed by atoms with E-state index in [0.29, 0.717) is 30.6 Å². The third-order valence-electron chi connectivity index (χ3n) is 3.42. The van der Waals surface area contributed by atoms with Gasteiger partial charge in [0.2, 0.25) is 0 Å². The fraction of sp³-hybridized carbons (Fsp3) is 0.636. The summed E-state index contributed by atoms with van der Waals surface area (Å²) in [6, 6.07) is 1.80. The quantitative estimate of drug-likeness (QED) is 0.806. The fourth-order valence-corrected chi connectivity index (χ4v) is 2.58. The summed E-state index contributed by atoms with van der Waals surface area (Å²) in [5.41, 5.74) is -0.0500. The molecule has 2 fully saturated rings. The number of hydrogen-bond acceptors (Lipinski definition) is 5. The normalized spacial score (nSPS) is 30.9. The summed E-state index contributed by atoms with van der Waals surface area (Å²) in [6.45, 7) is 0.498. The number of fused-ring (bicyclic) bond motifs is 2. The number of ether oxygens (including phenoxy) is 1. The van der Waals surface area contributed by atoms with Gasteiger partial charge in [-0.2, -0.15) is 0 Å². The van der Waals surface area contributed by atoms with E-state index in [2.05, 4.69) is 10.5 Å². The van der Waals surface area contributed by atoms with Crippen molar-refractivity contribution in [2.24, 2.45) is 0 Å². The van der Waals surface area contributed by atoms with E-state index in [1.165, 1.54) is 6.07 Å². The van der Waals surface area contributed by atoms with Crippen molar-refractivity contribution in [3.8, 4) is 0 Å². The summed E-state index contributed by atoms with van der Waals surface area (Å²) in [5.74, 6) is -0.520. The Kier molecular flexibility index (Phi) is 2.60. The zero-order valence-electron chi connectivity index (χ0n) is 9.26. The minimum absolute atomic E-state index is 0.0500. The van der Waals surface area contributed by atoms with Crippen LogP contribution in [0.1, 0.15) is 35.5 Å². The molecule has 2 bridgehead atoms. The molecule has 2 N–H and O–H groups in total. The predicted molar refractivity (Wildman–Crippen MR) is 56.6 cm³/mol. The maximum Gasteiger partial charge on any atom is 0.358 e. The van der Waals surface area contributed by atoms with Gasteiger partial charge in [0.15, 0.2) is 11.5 Å². The van der Waals surface area contributed by atoms with E-state index in [-0.39, 0.29) is 5.69 Å². The van der Waals surface area contributed by atoms with Gasteiger partial charge in [-0.3, -0.25) is 0 Å². The van der Waals surface area contributed by atoms with Crippen LogP contribution in [0.25, 0.3) is 0 Å². The smallest absolute Gasteiger partial charge is 0.358 e. The second-order valence-electron chi connectivity index (χ2n) is 4.58. The number of nitrogens with zero attached hydrogens (tertiary/aromatic N) is 1. The number of carboxylic acids is 1. The molecule has 3 atom stereocenters. The SMILES string of the molecule is O=C(O)c1cc(CNC2CC3CCC2O3)on1. The van der Waals surface area contributed by atoms with Crippen LogP contribution in [-0.4, -0.2) is 34.5 Å². The van der Waals surface area contributed by atoms with Crippen LogP contribution in [0.4, 0.5) is 0 Å². The minimum atomic E-state index is -1.07. The van der Waals surface area contributed by atoms with E-state index in [1.54, 1.807) is 0 Å². The molecule has 6 nitrogen and oxygen atoms in total. The molecule has 0 radical (unpaired) electrons. The number of rotatable bonds is 4. The van der Waals surface area contributed by atoms with E-state index in [4.69, 9.17) is 14.4 Å². The van der Waals surface area contributed by atoms with Crippen molar-refractivity contribution in [3.63, 3.8) is 0 Å². The molecule has 6 heteroatoms. The van der Waals surface area contributed by atoms with E-state index in [9.17, 15) is 4.79 Å².